The van der Waals surface area contributed by atoms with Gasteiger partial charge in [0.2, 0.25) is 0 Å². The van der Waals surface area contributed by atoms with Gasteiger partial charge in [0.25, 0.3) is 0 Å². The molecule has 0 radical (unpaired) electrons. The molecular weight excluding hydrogens is 595 g/mol. The number of aliphatic hydroxyl groups excluding tert-OH is 1. The number of aryl methyl sites for hydroxylation is 1. The normalized spacial score (nSPS) is 20.9. The van der Waals surface area contributed by atoms with Gasteiger partial charge in [-0.3, -0.25) is 0 Å². The summed E-state index contributed by atoms with van der Waals surface area (Å²) in [6.45, 7) is 7.02. The summed E-state index contributed by atoms with van der Waals surface area (Å²) in [5, 5.41) is 23.4. The third kappa shape index (κ3) is 6.12. The second-order valence-corrected chi connectivity index (χ2v) is 12.1. The zero-order valence-corrected chi connectivity index (χ0v) is 27.3. The molecular formula is C33H42ClFN8O2. The van der Waals surface area contributed by atoms with E-state index in [1.54, 1.807) is 18.3 Å². The van der Waals surface area contributed by atoms with Gasteiger partial charge >= 0.3 is 6.01 Å². The number of nitrogens with one attached hydrogen (secondary N) is 1. The monoisotopic (exact) mass is 636 g/mol. The molecule has 4 aromatic rings. The topological polar surface area (TPSA) is 128 Å². The van der Waals surface area contributed by atoms with Gasteiger partial charge in [-0.25, -0.2) is 4.39 Å². The van der Waals surface area contributed by atoms with Crippen molar-refractivity contribution in [2.45, 2.75) is 57.7 Å². The molecule has 3 atom stereocenters. The van der Waals surface area contributed by atoms with E-state index in [-0.39, 0.29) is 27.7 Å². The fourth-order valence-corrected chi connectivity index (χ4v) is 7.02. The summed E-state index contributed by atoms with van der Waals surface area (Å²) in [5.41, 5.74) is 8.21. The summed E-state index contributed by atoms with van der Waals surface area (Å²) in [5.74, 6) is 0.0175. The number of likely N-dealkylation sites (N-methyl/N-ethyl adjacent to an activating group) is 1. The molecule has 0 spiro atoms. The first kappa shape index (κ1) is 32.7. The Morgan fingerprint density at radius 1 is 1.18 bits per heavy atom. The lowest BCUT2D eigenvalue weighted by atomic mass is 9.98. The van der Waals surface area contributed by atoms with Crippen LogP contribution in [0.3, 0.4) is 0 Å². The number of nitrogen functional groups attached to an aromatic ring is 1. The number of benzene rings is 2. The standard InChI is InChI=1S/C25H23ClFN7O.C6H13NO.C2H6/c1-33-11-16(20-15(8-28)18(29)5-6-19(20)33)21-17(26)7-14-23(22(21)27)31-25(35-2)32-24(14)34-9-12-3-4-13(10-34)30-12;1-7-4-2-3-6(7)5-8;1-2/h5-7,11-13,30H,3-4,9-10,29H2,1-2H3;6,8H,2-5H2,1H3;1-2H3. The molecule has 240 valence electrons. The van der Waals surface area contributed by atoms with Crippen molar-refractivity contribution in [3.8, 4) is 23.2 Å². The molecule has 45 heavy (non-hydrogen) atoms. The number of nitrogens with zero attached hydrogens (tertiary/aromatic N) is 6. The van der Waals surface area contributed by atoms with Gasteiger partial charge in [-0.15, -0.1) is 0 Å². The number of likely N-dealkylation sites (tertiary alicyclic amines) is 1. The number of ether oxygens (including phenoxy) is 1. The first-order valence-corrected chi connectivity index (χ1v) is 16.0. The number of piperazine rings is 1. The minimum Gasteiger partial charge on any atom is -0.467 e. The highest BCUT2D eigenvalue weighted by Crippen LogP contribution is 2.43. The van der Waals surface area contributed by atoms with E-state index in [1.807, 2.05) is 31.5 Å². The van der Waals surface area contributed by atoms with E-state index in [9.17, 15) is 5.26 Å². The largest absolute Gasteiger partial charge is 0.467 e. The minimum atomic E-state index is -0.591. The molecule has 0 aliphatic carbocycles. The van der Waals surface area contributed by atoms with Gasteiger partial charge in [-0.2, -0.15) is 15.2 Å². The van der Waals surface area contributed by atoms with Gasteiger partial charge in [0, 0.05) is 71.9 Å². The SMILES string of the molecule is CC.CN1CCCC1CO.COc1nc(N2CC3CCC(C2)N3)c2cc(Cl)c(-c3cn(C)c4ccc(N)c(C#N)c34)c(F)c2n1. The number of fused-ring (bicyclic) bond motifs is 4. The highest BCUT2D eigenvalue weighted by Gasteiger charge is 2.34. The quantitative estimate of drug-likeness (QED) is 0.263. The maximum absolute atomic E-state index is 16.3. The number of halogens is 2. The van der Waals surface area contributed by atoms with Crippen LogP contribution in [0.1, 0.15) is 45.1 Å². The smallest absolute Gasteiger partial charge is 0.318 e. The molecule has 3 unspecified atom stereocenters. The van der Waals surface area contributed by atoms with Crippen LogP contribution in [0.5, 0.6) is 6.01 Å². The Balaban J connectivity index is 0.000000346. The zero-order chi connectivity index (χ0) is 32.4. The predicted molar refractivity (Wildman–Crippen MR) is 178 cm³/mol. The van der Waals surface area contributed by atoms with Crippen LogP contribution in [-0.2, 0) is 7.05 Å². The molecule has 7 rings (SSSR count). The lowest BCUT2D eigenvalue weighted by Crippen LogP contribution is -2.51. The van der Waals surface area contributed by atoms with Crippen molar-refractivity contribution in [2.75, 3.05) is 51.0 Å². The third-order valence-electron chi connectivity index (χ3n) is 8.99. The van der Waals surface area contributed by atoms with Crippen LogP contribution in [0.2, 0.25) is 5.02 Å². The second kappa shape index (κ2) is 13.7. The zero-order valence-electron chi connectivity index (χ0n) is 26.6. The number of aromatic nitrogens is 3. The average molecular weight is 637 g/mol. The Kier molecular flexibility index (Phi) is 9.99. The van der Waals surface area contributed by atoms with Crippen molar-refractivity contribution >= 4 is 44.9 Å². The Morgan fingerprint density at radius 2 is 1.89 bits per heavy atom. The van der Waals surface area contributed by atoms with Gasteiger partial charge in [0.05, 0.1) is 30.0 Å². The van der Waals surface area contributed by atoms with Gasteiger partial charge in [-0.05, 0) is 57.5 Å². The van der Waals surface area contributed by atoms with Crippen molar-refractivity contribution in [1.82, 2.24) is 24.8 Å². The second-order valence-electron chi connectivity index (χ2n) is 11.7. The van der Waals surface area contributed by atoms with E-state index in [2.05, 4.69) is 38.2 Å². The van der Waals surface area contributed by atoms with Crippen molar-refractivity contribution in [3.63, 3.8) is 0 Å². The van der Waals surface area contributed by atoms with Crippen molar-refractivity contribution in [1.29, 1.82) is 5.26 Å². The molecule has 12 heteroatoms. The number of methoxy groups -OCH3 is 1. The Bertz CT molecular complexity index is 1730. The van der Waals surface area contributed by atoms with Crippen molar-refractivity contribution < 1.29 is 14.2 Å². The summed E-state index contributed by atoms with van der Waals surface area (Å²) < 4.78 is 23.5. The molecule has 10 nitrogen and oxygen atoms in total. The van der Waals surface area contributed by atoms with E-state index >= 15 is 4.39 Å². The highest BCUT2D eigenvalue weighted by atomic mass is 35.5. The maximum atomic E-state index is 16.3. The summed E-state index contributed by atoms with van der Waals surface area (Å²) in [6.07, 6.45) is 6.39. The molecule has 2 bridgehead atoms. The first-order chi connectivity index (χ1) is 21.7. The van der Waals surface area contributed by atoms with Gasteiger partial charge in [-0.1, -0.05) is 25.4 Å². The van der Waals surface area contributed by atoms with Crippen LogP contribution in [0.15, 0.2) is 24.4 Å². The fourth-order valence-electron chi connectivity index (χ4n) is 6.73. The number of anilines is 2. The van der Waals surface area contributed by atoms with Gasteiger partial charge in [0.1, 0.15) is 17.4 Å². The van der Waals surface area contributed by atoms with E-state index in [0.29, 0.717) is 52.6 Å². The average Bonchev–Trinajstić information content (AvgIpc) is 3.73. The Labute approximate surface area is 268 Å². The molecule has 0 amide bonds. The molecule has 0 saturated carbocycles. The number of rotatable bonds is 4. The van der Waals surface area contributed by atoms with Crippen LogP contribution in [0.25, 0.3) is 32.9 Å². The van der Waals surface area contributed by atoms with E-state index < -0.39 is 5.82 Å². The first-order valence-electron chi connectivity index (χ1n) is 15.6. The molecule has 3 aliphatic rings. The summed E-state index contributed by atoms with van der Waals surface area (Å²) in [4.78, 5) is 13.3. The maximum Gasteiger partial charge on any atom is 0.318 e. The molecule has 3 aliphatic heterocycles. The van der Waals surface area contributed by atoms with Crippen LogP contribution in [0, 0.1) is 17.1 Å². The number of aliphatic hydroxyl groups is 1. The lowest BCUT2D eigenvalue weighted by Gasteiger charge is -2.34. The minimum absolute atomic E-state index is 0.0884. The van der Waals surface area contributed by atoms with Crippen molar-refractivity contribution in [3.05, 3.63) is 40.8 Å². The third-order valence-corrected chi connectivity index (χ3v) is 9.29. The molecule has 4 N–H and O–H groups in total. The number of hydrogen-bond acceptors (Lipinski definition) is 9. The van der Waals surface area contributed by atoms with E-state index in [1.165, 1.54) is 20.0 Å². The fraction of sp³-hybridized carbons (Fsp3) is 0.485. The van der Waals surface area contributed by atoms with Crippen molar-refractivity contribution in [2.24, 2.45) is 7.05 Å². The van der Waals surface area contributed by atoms with Crippen LogP contribution in [-0.4, -0.2) is 83.1 Å². The molecule has 2 aromatic carbocycles. The van der Waals surface area contributed by atoms with E-state index in [4.69, 9.17) is 27.2 Å². The summed E-state index contributed by atoms with van der Waals surface area (Å²) in [7, 11) is 5.36. The van der Waals surface area contributed by atoms with Crippen LogP contribution >= 0.6 is 11.6 Å². The van der Waals surface area contributed by atoms with Gasteiger partial charge in [0.15, 0.2) is 5.82 Å². The Hall–Kier alpha value is -3.69. The molecule has 2 aromatic heterocycles. The summed E-state index contributed by atoms with van der Waals surface area (Å²) in [6, 6.07) is 8.64. The predicted octanol–water partition coefficient (Wildman–Crippen LogP) is 5.08. The number of nitrogens with two attached hydrogens (primary N) is 1. The highest BCUT2D eigenvalue weighted by molar-refractivity contribution is 6.35. The molecule has 5 heterocycles. The van der Waals surface area contributed by atoms with Crippen LogP contribution in [0.4, 0.5) is 15.9 Å². The molecule has 3 saturated heterocycles. The Morgan fingerprint density at radius 3 is 2.47 bits per heavy atom. The lowest BCUT2D eigenvalue weighted by molar-refractivity contribution is 0.182. The number of nitriles is 1. The number of hydrogen-bond donors (Lipinski definition) is 3. The summed E-state index contributed by atoms with van der Waals surface area (Å²) >= 11 is 6.76. The van der Waals surface area contributed by atoms with Crippen LogP contribution < -0.4 is 20.7 Å². The van der Waals surface area contributed by atoms with E-state index in [0.717, 1.165) is 38.0 Å². The molecule has 3 fully saturated rings. The van der Waals surface area contributed by atoms with Gasteiger partial charge < -0.3 is 35.3 Å².